The van der Waals surface area contributed by atoms with E-state index in [2.05, 4.69) is 38.3 Å². The van der Waals surface area contributed by atoms with Gasteiger partial charge in [0.15, 0.2) is 0 Å². The molecule has 1 aromatic carbocycles. The van der Waals surface area contributed by atoms with E-state index in [0.717, 1.165) is 25.7 Å². The number of rotatable bonds is 10. The summed E-state index contributed by atoms with van der Waals surface area (Å²) in [5.74, 6) is 3.05. The number of carbonyl (C=O) groups excluding carboxylic acids is 1. The highest BCUT2D eigenvalue weighted by atomic mass is 28.3. The molecule has 2 nitrogen and oxygen atoms in total. The van der Waals surface area contributed by atoms with Crippen LogP contribution in [0.3, 0.4) is 0 Å². The SMILES string of the molecule is CC[Si](C#C/C=C\CCCCCOC(=O)c1ccccc1)(CC)CC. The number of carbonyl (C=O) groups is 1. The van der Waals surface area contributed by atoms with Crippen LogP contribution in [0.25, 0.3) is 0 Å². The van der Waals surface area contributed by atoms with Crippen LogP contribution in [0.2, 0.25) is 18.1 Å². The van der Waals surface area contributed by atoms with Crippen LogP contribution in [0, 0.1) is 11.5 Å². The normalized spacial score (nSPS) is 11.2. The second-order valence-electron chi connectivity index (χ2n) is 6.36. The van der Waals surface area contributed by atoms with Crippen LogP contribution >= 0.6 is 0 Å². The van der Waals surface area contributed by atoms with Gasteiger partial charge in [0, 0.05) is 0 Å². The Morgan fingerprint density at radius 3 is 2.36 bits per heavy atom. The first kappa shape index (κ1) is 21.2. The summed E-state index contributed by atoms with van der Waals surface area (Å²) in [6, 6.07) is 12.9. The predicted octanol–water partition coefficient (Wildman–Crippen LogP) is 6.01. The average Bonchev–Trinajstić information content (AvgIpc) is 2.67. The molecule has 0 radical (unpaired) electrons. The average molecular weight is 357 g/mol. The monoisotopic (exact) mass is 356 g/mol. The Morgan fingerprint density at radius 1 is 1.04 bits per heavy atom. The van der Waals surface area contributed by atoms with Gasteiger partial charge in [-0.3, -0.25) is 0 Å². The van der Waals surface area contributed by atoms with Crippen molar-refractivity contribution in [2.45, 2.75) is 64.6 Å². The van der Waals surface area contributed by atoms with Crippen molar-refractivity contribution in [1.29, 1.82) is 0 Å². The van der Waals surface area contributed by atoms with Crippen LogP contribution in [0.15, 0.2) is 42.5 Å². The van der Waals surface area contributed by atoms with Gasteiger partial charge in [-0.2, -0.15) is 0 Å². The molecule has 0 heterocycles. The first-order valence-electron chi connectivity index (χ1n) is 9.57. The second-order valence-corrected chi connectivity index (χ2v) is 11.3. The molecular formula is C22H32O2Si. The van der Waals surface area contributed by atoms with Crippen LogP contribution < -0.4 is 0 Å². The summed E-state index contributed by atoms with van der Waals surface area (Å²) < 4.78 is 5.27. The number of benzene rings is 1. The van der Waals surface area contributed by atoms with Gasteiger partial charge in [0.05, 0.1) is 12.2 Å². The van der Waals surface area contributed by atoms with Crippen molar-refractivity contribution in [1.82, 2.24) is 0 Å². The number of ether oxygens (including phenoxy) is 1. The minimum atomic E-state index is -1.30. The van der Waals surface area contributed by atoms with Crippen molar-refractivity contribution in [3.05, 3.63) is 48.0 Å². The van der Waals surface area contributed by atoms with Crippen molar-refractivity contribution in [3.8, 4) is 11.5 Å². The van der Waals surface area contributed by atoms with Crippen molar-refractivity contribution in [3.63, 3.8) is 0 Å². The molecule has 0 fully saturated rings. The minimum Gasteiger partial charge on any atom is -0.462 e. The third-order valence-electron chi connectivity index (χ3n) is 4.83. The van der Waals surface area contributed by atoms with Crippen LogP contribution in [-0.2, 0) is 4.74 Å². The fourth-order valence-corrected chi connectivity index (χ4v) is 5.14. The van der Waals surface area contributed by atoms with Gasteiger partial charge >= 0.3 is 5.97 Å². The van der Waals surface area contributed by atoms with E-state index >= 15 is 0 Å². The van der Waals surface area contributed by atoms with Crippen LogP contribution in [0.5, 0.6) is 0 Å². The molecule has 3 heteroatoms. The zero-order chi connectivity index (χ0) is 18.4. The molecule has 1 aromatic rings. The molecule has 1 rings (SSSR count). The third-order valence-corrected chi connectivity index (χ3v) is 9.56. The zero-order valence-corrected chi connectivity index (χ0v) is 17.0. The highest BCUT2D eigenvalue weighted by Gasteiger charge is 2.23. The largest absolute Gasteiger partial charge is 0.462 e. The molecule has 25 heavy (non-hydrogen) atoms. The molecule has 0 saturated carbocycles. The quantitative estimate of drug-likeness (QED) is 0.222. The third kappa shape index (κ3) is 8.22. The summed E-state index contributed by atoms with van der Waals surface area (Å²) in [6.45, 7) is 7.33. The number of allylic oxidation sites excluding steroid dienone is 2. The Hall–Kier alpha value is -1.79. The van der Waals surface area contributed by atoms with Gasteiger partial charge in [0.2, 0.25) is 0 Å². The fraction of sp³-hybridized carbons (Fsp3) is 0.500. The molecule has 0 aliphatic carbocycles. The van der Waals surface area contributed by atoms with E-state index in [1.807, 2.05) is 24.3 Å². The maximum atomic E-state index is 11.8. The van der Waals surface area contributed by atoms with E-state index in [9.17, 15) is 4.79 Å². The maximum absolute atomic E-state index is 11.8. The van der Waals surface area contributed by atoms with E-state index in [1.165, 1.54) is 18.1 Å². The molecule has 0 unspecified atom stereocenters. The Kier molecular flexibility index (Phi) is 10.7. The predicted molar refractivity (Wildman–Crippen MR) is 109 cm³/mol. The van der Waals surface area contributed by atoms with Gasteiger partial charge in [-0.15, -0.1) is 5.54 Å². The lowest BCUT2D eigenvalue weighted by Crippen LogP contribution is -2.29. The van der Waals surface area contributed by atoms with E-state index < -0.39 is 8.07 Å². The molecule has 136 valence electrons. The van der Waals surface area contributed by atoms with E-state index in [-0.39, 0.29) is 5.97 Å². The smallest absolute Gasteiger partial charge is 0.338 e. The van der Waals surface area contributed by atoms with Crippen molar-refractivity contribution >= 4 is 14.0 Å². The number of hydrogen-bond donors (Lipinski definition) is 0. The van der Waals surface area contributed by atoms with Crippen molar-refractivity contribution < 1.29 is 9.53 Å². The lowest BCUT2D eigenvalue weighted by molar-refractivity contribution is 0.0498. The van der Waals surface area contributed by atoms with Crippen LogP contribution in [0.1, 0.15) is 56.8 Å². The summed E-state index contributed by atoms with van der Waals surface area (Å²) in [7, 11) is -1.30. The molecule has 0 saturated heterocycles. The molecule has 0 aromatic heterocycles. The Morgan fingerprint density at radius 2 is 1.72 bits per heavy atom. The lowest BCUT2D eigenvalue weighted by atomic mass is 10.2. The van der Waals surface area contributed by atoms with Crippen LogP contribution in [-0.4, -0.2) is 20.7 Å². The van der Waals surface area contributed by atoms with Gasteiger partial charge in [-0.1, -0.05) is 51.0 Å². The first-order chi connectivity index (χ1) is 12.2. The molecule has 0 N–H and O–H groups in total. The highest BCUT2D eigenvalue weighted by Crippen LogP contribution is 2.18. The summed E-state index contributed by atoms with van der Waals surface area (Å²) in [5.41, 5.74) is 4.19. The van der Waals surface area contributed by atoms with E-state index in [4.69, 9.17) is 4.74 Å². The molecular weight excluding hydrogens is 324 g/mol. The molecule has 0 aliphatic rings. The molecule has 0 atom stereocenters. The van der Waals surface area contributed by atoms with E-state index in [1.54, 1.807) is 12.1 Å². The number of hydrogen-bond acceptors (Lipinski definition) is 2. The van der Waals surface area contributed by atoms with Crippen LogP contribution in [0.4, 0.5) is 0 Å². The number of esters is 1. The summed E-state index contributed by atoms with van der Waals surface area (Å²) in [4.78, 5) is 11.8. The second kappa shape index (κ2) is 12.6. The van der Waals surface area contributed by atoms with E-state index in [0.29, 0.717) is 12.2 Å². The van der Waals surface area contributed by atoms with Gasteiger partial charge in [-0.25, -0.2) is 4.79 Å². The number of unbranched alkanes of at least 4 members (excludes halogenated alkanes) is 3. The Balaban J connectivity index is 2.14. The van der Waals surface area contributed by atoms with Gasteiger partial charge < -0.3 is 4.74 Å². The highest BCUT2D eigenvalue weighted by molar-refractivity contribution is 6.87. The first-order valence-corrected chi connectivity index (χ1v) is 12.2. The van der Waals surface area contributed by atoms with Gasteiger partial charge in [0.25, 0.3) is 0 Å². The topological polar surface area (TPSA) is 26.3 Å². The summed E-state index contributed by atoms with van der Waals surface area (Å²) in [5, 5.41) is 0. The molecule has 0 spiro atoms. The standard InChI is InChI=1S/C22H32O2Si/c1-4-25(5-2,6-3)20-16-11-9-7-8-10-15-19-24-22(23)21-17-13-12-14-18-21/h9,11-14,17-18H,4-8,10,15,19H2,1-3H3/b11-9-. The zero-order valence-electron chi connectivity index (χ0n) is 16.0. The van der Waals surface area contributed by atoms with Gasteiger partial charge in [0.1, 0.15) is 8.07 Å². The summed E-state index contributed by atoms with van der Waals surface area (Å²) >= 11 is 0. The molecule has 0 aliphatic heterocycles. The minimum absolute atomic E-state index is 0.230. The Bertz CT molecular complexity index is 569. The molecule has 0 bridgehead atoms. The maximum Gasteiger partial charge on any atom is 0.338 e. The van der Waals surface area contributed by atoms with Gasteiger partial charge in [-0.05, 0) is 62.0 Å². The van der Waals surface area contributed by atoms with Crippen molar-refractivity contribution in [2.75, 3.05) is 6.61 Å². The van der Waals surface area contributed by atoms with Crippen molar-refractivity contribution in [2.24, 2.45) is 0 Å². The molecule has 0 amide bonds. The lowest BCUT2D eigenvalue weighted by Gasteiger charge is -2.19. The Labute approximate surface area is 154 Å². The fourth-order valence-electron chi connectivity index (χ4n) is 2.72. The summed E-state index contributed by atoms with van der Waals surface area (Å²) in [6.07, 6.45) is 8.33.